The Morgan fingerprint density at radius 2 is 0.833 bits per heavy atom. The number of hydrogen-bond acceptors (Lipinski definition) is 4. The van der Waals surface area contributed by atoms with Crippen molar-refractivity contribution in [3.63, 3.8) is 0 Å². The second-order valence-corrected chi connectivity index (χ2v) is 10.7. The lowest BCUT2D eigenvalue weighted by Crippen LogP contribution is -2.18. The topological polar surface area (TPSA) is 92.3 Å². The SMILES string of the molecule is Cc1ccc(S(=O)(=O)Nc2cc(C)c(C)cc2NS(=O)(=O)c2ccc(C)cc2)cc1. The number of aryl methyl sites for hydroxylation is 4. The van der Waals surface area contributed by atoms with Crippen molar-refractivity contribution in [1.29, 1.82) is 0 Å². The summed E-state index contributed by atoms with van der Waals surface area (Å²) in [6.07, 6.45) is 0. The maximum atomic E-state index is 12.8. The van der Waals surface area contributed by atoms with Gasteiger partial charge in [0, 0.05) is 0 Å². The van der Waals surface area contributed by atoms with Crippen LogP contribution < -0.4 is 9.44 Å². The lowest BCUT2D eigenvalue weighted by Gasteiger charge is -2.17. The Bertz CT molecular complexity index is 1180. The van der Waals surface area contributed by atoms with Crippen LogP contribution in [0.25, 0.3) is 0 Å². The number of hydrogen-bond donors (Lipinski definition) is 2. The van der Waals surface area contributed by atoms with E-state index in [0.29, 0.717) is 0 Å². The smallest absolute Gasteiger partial charge is 0.261 e. The van der Waals surface area contributed by atoms with E-state index in [1.807, 2.05) is 27.7 Å². The second-order valence-electron chi connectivity index (χ2n) is 7.32. The number of rotatable bonds is 6. The summed E-state index contributed by atoms with van der Waals surface area (Å²) in [6, 6.07) is 16.1. The zero-order chi connectivity index (χ0) is 22.1. The molecule has 0 bridgehead atoms. The summed E-state index contributed by atoms with van der Waals surface area (Å²) in [5.74, 6) is 0. The molecule has 0 radical (unpaired) electrons. The molecular formula is C22H24N2O4S2. The van der Waals surface area contributed by atoms with Crippen molar-refractivity contribution in [2.24, 2.45) is 0 Å². The van der Waals surface area contributed by atoms with Crippen LogP contribution in [0.2, 0.25) is 0 Å². The van der Waals surface area contributed by atoms with Gasteiger partial charge >= 0.3 is 0 Å². The molecule has 158 valence electrons. The first kappa shape index (κ1) is 21.9. The molecule has 0 saturated carbocycles. The minimum Gasteiger partial charge on any atom is -0.277 e. The van der Waals surface area contributed by atoms with Crippen molar-refractivity contribution in [2.75, 3.05) is 9.44 Å². The molecular weight excluding hydrogens is 420 g/mol. The van der Waals surface area contributed by atoms with Crippen LogP contribution in [0.4, 0.5) is 11.4 Å². The third kappa shape index (κ3) is 4.83. The second kappa shape index (κ2) is 8.12. The molecule has 0 aliphatic heterocycles. The Hall–Kier alpha value is -2.84. The Morgan fingerprint density at radius 1 is 0.533 bits per heavy atom. The molecule has 0 aliphatic carbocycles. The predicted octanol–water partition coefficient (Wildman–Crippen LogP) is 4.52. The van der Waals surface area contributed by atoms with Crippen molar-refractivity contribution >= 4 is 31.4 Å². The van der Waals surface area contributed by atoms with E-state index in [1.54, 1.807) is 36.4 Å². The summed E-state index contributed by atoms with van der Waals surface area (Å²) < 4.78 is 56.4. The van der Waals surface area contributed by atoms with E-state index in [-0.39, 0.29) is 21.2 Å². The zero-order valence-corrected chi connectivity index (χ0v) is 18.9. The Kier molecular flexibility index (Phi) is 5.92. The van der Waals surface area contributed by atoms with E-state index < -0.39 is 20.0 Å². The number of anilines is 2. The molecule has 0 atom stereocenters. The van der Waals surface area contributed by atoms with Crippen LogP contribution in [-0.2, 0) is 20.0 Å². The van der Waals surface area contributed by atoms with Gasteiger partial charge in [-0.05, 0) is 75.2 Å². The molecule has 0 spiro atoms. The van der Waals surface area contributed by atoms with Crippen LogP contribution in [0.3, 0.4) is 0 Å². The van der Waals surface area contributed by atoms with Crippen LogP contribution in [0.5, 0.6) is 0 Å². The molecule has 3 rings (SSSR count). The zero-order valence-electron chi connectivity index (χ0n) is 17.2. The molecule has 30 heavy (non-hydrogen) atoms. The summed E-state index contributed by atoms with van der Waals surface area (Å²) in [4.78, 5) is 0.192. The number of sulfonamides is 2. The maximum absolute atomic E-state index is 12.8. The van der Waals surface area contributed by atoms with Crippen molar-refractivity contribution in [3.8, 4) is 0 Å². The van der Waals surface area contributed by atoms with Crippen molar-refractivity contribution in [2.45, 2.75) is 37.5 Å². The monoisotopic (exact) mass is 444 g/mol. The summed E-state index contributed by atoms with van der Waals surface area (Å²) in [7, 11) is -7.79. The van der Waals surface area contributed by atoms with E-state index in [2.05, 4.69) is 9.44 Å². The molecule has 0 amide bonds. The van der Waals surface area contributed by atoms with E-state index in [4.69, 9.17) is 0 Å². The summed E-state index contributed by atoms with van der Waals surface area (Å²) in [5, 5.41) is 0. The minimum atomic E-state index is -3.89. The Morgan fingerprint density at radius 3 is 1.13 bits per heavy atom. The van der Waals surface area contributed by atoms with Crippen molar-refractivity contribution < 1.29 is 16.8 Å². The predicted molar refractivity (Wildman–Crippen MR) is 120 cm³/mol. The first-order valence-corrected chi connectivity index (χ1v) is 12.2. The fourth-order valence-electron chi connectivity index (χ4n) is 2.83. The van der Waals surface area contributed by atoms with Gasteiger partial charge < -0.3 is 0 Å². The fourth-order valence-corrected chi connectivity index (χ4v) is 4.97. The van der Waals surface area contributed by atoms with Gasteiger partial charge in [-0.15, -0.1) is 0 Å². The van der Waals surface area contributed by atoms with Gasteiger partial charge in [0.05, 0.1) is 21.2 Å². The molecule has 2 N–H and O–H groups in total. The summed E-state index contributed by atoms with van der Waals surface area (Å²) in [6.45, 7) is 7.39. The standard InChI is InChI=1S/C22H24N2O4S2/c1-15-5-9-19(10-6-15)29(25,26)23-21-13-17(3)18(4)14-22(21)24-30(27,28)20-11-7-16(2)8-12-20/h5-14,23-24H,1-4H3. The Balaban J connectivity index is 2.01. The molecule has 0 unspecified atom stereocenters. The van der Waals surface area contributed by atoms with Gasteiger partial charge in [0.25, 0.3) is 20.0 Å². The van der Waals surface area contributed by atoms with E-state index in [9.17, 15) is 16.8 Å². The van der Waals surface area contributed by atoms with Gasteiger partial charge in [-0.2, -0.15) is 0 Å². The fraction of sp³-hybridized carbons (Fsp3) is 0.182. The van der Waals surface area contributed by atoms with Crippen LogP contribution in [-0.4, -0.2) is 16.8 Å². The van der Waals surface area contributed by atoms with Gasteiger partial charge in [0.15, 0.2) is 0 Å². The lowest BCUT2D eigenvalue weighted by atomic mass is 10.1. The minimum absolute atomic E-state index is 0.0960. The molecule has 3 aromatic carbocycles. The molecule has 0 heterocycles. The quantitative estimate of drug-likeness (QED) is 0.585. The third-order valence-electron chi connectivity index (χ3n) is 4.79. The van der Waals surface area contributed by atoms with E-state index in [0.717, 1.165) is 22.3 Å². The van der Waals surface area contributed by atoms with Crippen LogP contribution in [0.1, 0.15) is 22.3 Å². The molecule has 0 aromatic heterocycles. The van der Waals surface area contributed by atoms with Gasteiger partial charge in [-0.3, -0.25) is 9.44 Å². The normalized spacial score (nSPS) is 11.9. The van der Waals surface area contributed by atoms with Gasteiger partial charge in [-0.1, -0.05) is 35.4 Å². The highest BCUT2D eigenvalue weighted by Gasteiger charge is 2.20. The lowest BCUT2D eigenvalue weighted by molar-refractivity contribution is 0.599. The number of benzene rings is 3. The van der Waals surface area contributed by atoms with E-state index >= 15 is 0 Å². The van der Waals surface area contributed by atoms with Crippen LogP contribution in [0, 0.1) is 27.7 Å². The average Bonchev–Trinajstić information content (AvgIpc) is 2.66. The van der Waals surface area contributed by atoms with Gasteiger partial charge in [0.1, 0.15) is 0 Å². The first-order valence-electron chi connectivity index (χ1n) is 9.28. The van der Waals surface area contributed by atoms with Crippen LogP contribution in [0.15, 0.2) is 70.5 Å². The van der Waals surface area contributed by atoms with Gasteiger partial charge in [-0.25, -0.2) is 16.8 Å². The highest BCUT2D eigenvalue weighted by Crippen LogP contribution is 2.30. The van der Waals surface area contributed by atoms with Crippen molar-refractivity contribution in [1.82, 2.24) is 0 Å². The molecule has 3 aromatic rings. The molecule has 6 nitrogen and oxygen atoms in total. The van der Waals surface area contributed by atoms with E-state index in [1.165, 1.54) is 24.3 Å². The highest BCUT2D eigenvalue weighted by atomic mass is 32.2. The highest BCUT2D eigenvalue weighted by molar-refractivity contribution is 7.93. The molecule has 0 saturated heterocycles. The maximum Gasteiger partial charge on any atom is 0.261 e. The molecule has 0 fully saturated rings. The van der Waals surface area contributed by atoms with Crippen LogP contribution >= 0.6 is 0 Å². The van der Waals surface area contributed by atoms with Crippen molar-refractivity contribution in [3.05, 3.63) is 82.9 Å². The average molecular weight is 445 g/mol. The molecule has 0 aliphatic rings. The molecule has 8 heteroatoms. The largest absolute Gasteiger partial charge is 0.277 e. The third-order valence-corrected chi connectivity index (χ3v) is 7.55. The summed E-state index contributed by atoms with van der Waals surface area (Å²) in [5.41, 5.74) is 3.85. The summed E-state index contributed by atoms with van der Waals surface area (Å²) >= 11 is 0. The Labute approximate surface area is 178 Å². The first-order chi connectivity index (χ1) is 14.0. The van der Waals surface area contributed by atoms with Gasteiger partial charge in [0.2, 0.25) is 0 Å². The number of nitrogens with one attached hydrogen (secondary N) is 2.